The third-order valence-electron chi connectivity index (χ3n) is 5.37. The number of thiophene rings is 1. The van der Waals surface area contributed by atoms with Gasteiger partial charge in [-0.3, -0.25) is 9.36 Å². The Labute approximate surface area is 175 Å². The summed E-state index contributed by atoms with van der Waals surface area (Å²) in [4.78, 5) is 19.9. The van der Waals surface area contributed by atoms with Gasteiger partial charge in [0.1, 0.15) is 4.83 Å². The minimum Gasteiger partial charge on any atom is -0.294 e. The summed E-state index contributed by atoms with van der Waals surface area (Å²) < 4.78 is 1.72. The van der Waals surface area contributed by atoms with Crippen molar-refractivity contribution >= 4 is 21.6 Å². The largest absolute Gasteiger partial charge is 0.294 e. The lowest BCUT2D eigenvalue weighted by Crippen LogP contribution is -2.21. The van der Waals surface area contributed by atoms with E-state index < -0.39 is 0 Å². The number of hydrogen-bond acceptors (Lipinski definition) is 3. The van der Waals surface area contributed by atoms with Gasteiger partial charge in [0.2, 0.25) is 0 Å². The highest BCUT2D eigenvalue weighted by Crippen LogP contribution is 2.35. The molecule has 4 heteroatoms. The summed E-state index contributed by atoms with van der Waals surface area (Å²) in [6.07, 6.45) is 1.68. The molecular formula is C25H26N2OS. The van der Waals surface area contributed by atoms with Gasteiger partial charge in [-0.15, -0.1) is 11.3 Å². The summed E-state index contributed by atoms with van der Waals surface area (Å²) in [5, 5.41) is 0.727. The molecule has 4 rings (SSSR count). The van der Waals surface area contributed by atoms with Crippen LogP contribution in [0.1, 0.15) is 42.3 Å². The second kappa shape index (κ2) is 7.27. The molecule has 29 heavy (non-hydrogen) atoms. The molecule has 2 heterocycles. The van der Waals surface area contributed by atoms with Gasteiger partial charge in [0.15, 0.2) is 0 Å². The van der Waals surface area contributed by atoms with Crippen LogP contribution in [-0.4, -0.2) is 9.55 Å². The minimum absolute atomic E-state index is 0.0230. The molecule has 3 nitrogen and oxygen atoms in total. The van der Waals surface area contributed by atoms with Gasteiger partial charge in [-0.2, -0.15) is 0 Å². The van der Waals surface area contributed by atoms with Crippen molar-refractivity contribution in [1.82, 2.24) is 9.55 Å². The van der Waals surface area contributed by atoms with E-state index in [2.05, 4.69) is 88.1 Å². The highest BCUT2D eigenvalue weighted by Gasteiger charge is 2.17. The molecule has 2 aromatic heterocycles. The van der Waals surface area contributed by atoms with Crippen molar-refractivity contribution in [2.45, 2.75) is 46.6 Å². The summed E-state index contributed by atoms with van der Waals surface area (Å²) in [5.74, 6) is 0. The van der Waals surface area contributed by atoms with Gasteiger partial charge >= 0.3 is 0 Å². The summed E-state index contributed by atoms with van der Waals surface area (Å²) in [5.41, 5.74) is 5.83. The van der Waals surface area contributed by atoms with E-state index in [-0.39, 0.29) is 11.0 Å². The number of fused-ring (bicyclic) bond motifs is 1. The van der Waals surface area contributed by atoms with E-state index in [9.17, 15) is 4.79 Å². The molecule has 0 spiro atoms. The summed E-state index contributed by atoms with van der Waals surface area (Å²) in [7, 11) is 0. The number of aryl methyl sites for hydroxylation is 2. The third-order valence-corrected chi connectivity index (χ3v) is 6.38. The van der Waals surface area contributed by atoms with Gasteiger partial charge in [-0.1, -0.05) is 74.9 Å². The van der Waals surface area contributed by atoms with Crippen LogP contribution in [0.25, 0.3) is 21.3 Å². The Kier molecular flexibility index (Phi) is 4.91. The number of nitrogens with zero attached hydrogens (tertiary/aromatic N) is 2. The third kappa shape index (κ3) is 3.77. The zero-order chi connectivity index (χ0) is 20.8. The Morgan fingerprint density at radius 3 is 2.24 bits per heavy atom. The first kappa shape index (κ1) is 19.6. The smallest absolute Gasteiger partial charge is 0.263 e. The average Bonchev–Trinajstić information content (AvgIpc) is 3.01. The first-order valence-corrected chi connectivity index (χ1v) is 10.7. The molecule has 0 radical (unpaired) electrons. The van der Waals surface area contributed by atoms with E-state index in [4.69, 9.17) is 0 Å². The Bertz CT molecular complexity index is 1220. The predicted octanol–water partition coefficient (Wildman–Crippen LogP) is 6.09. The molecule has 0 aliphatic rings. The molecule has 0 N–H and O–H groups in total. The first-order chi connectivity index (χ1) is 13.7. The fourth-order valence-corrected chi connectivity index (χ4v) is 4.63. The van der Waals surface area contributed by atoms with Crippen LogP contribution in [-0.2, 0) is 12.0 Å². The van der Waals surface area contributed by atoms with E-state index in [1.807, 2.05) is 0 Å². The van der Waals surface area contributed by atoms with Crippen LogP contribution in [0, 0.1) is 13.8 Å². The van der Waals surface area contributed by atoms with Crippen molar-refractivity contribution in [1.29, 1.82) is 0 Å². The van der Waals surface area contributed by atoms with Gasteiger partial charge in [-0.25, -0.2) is 4.98 Å². The van der Waals surface area contributed by atoms with E-state index in [0.29, 0.717) is 6.54 Å². The Morgan fingerprint density at radius 2 is 1.62 bits per heavy atom. The fourth-order valence-electron chi connectivity index (χ4n) is 3.62. The second-order valence-corrected chi connectivity index (χ2v) is 9.91. The zero-order valence-corrected chi connectivity index (χ0v) is 18.4. The van der Waals surface area contributed by atoms with Crippen LogP contribution in [0.15, 0.2) is 59.7 Å². The molecule has 0 atom stereocenters. The molecule has 0 saturated carbocycles. The average molecular weight is 403 g/mol. The Hall–Kier alpha value is -2.72. The second-order valence-electron chi connectivity index (χ2n) is 8.70. The van der Waals surface area contributed by atoms with Crippen LogP contribution in [0.3, 0.4) is 0 Å². The van der Waals surface area contributed by atoms with E-state index in [1.165, 1.54) is 11.1 Å². The number of rotatable bonds is 3. The first-order valence-electron chi connectivity index (χ1n) is 9.89. The number of benzene rings is 2. The van der Waals surface area contributed by atoms with Crippen molar-refractivity contribution in [3.8, 4) is 11.1 Å². The van der Waals surface area contributed by atoms with E-state index in [1.54, 1.807) is 22.2 Å². The molecule has 0 amide bonds. The molecule has 148 valence electrons. The predicted molar refractivity (Wildman–Crippen MR) is 123 cm³/mol. The molecular weight excluding hydrogens is 376 g/mol. The number of aromatic nitrogens is 2. The monoisotopic (exact) mass is 402 g/mol. The maximum atomic E-state index is 13.4. The SMILES string of the molecule is Cc1ccc(-c2c(C)sc3ncn(Cc4ccc(C(C)(C)C)cc4)c(=O)c23)cc1. The van der Waals surface area contributed by atoms with Crippen LogP contribution in [0.5, 0.6) is 0 Å². The quantitative estimate of drug-likeness (QED) is 0.416. The van der Waals surface area contributed by atoms with Gasteiger partial charge in [0.05, 0.1) is 18.3 Å². The maximum absolute atomic E-state index is 13.4. The summed E-state index contributed by atoms with van der Waals surface area (Å²) in [6.45, 7) is 11.3. The van der Waals surface area contributed by atoms with Crippen molar-refractivity contribution < 1.29 is 0 Å². The van der Waals surface area contributed by atoms with Gasteiger partial charge in [0, 0.05) is 10.4 Å². The van der Waals surface area contributed by atoms with Crippen molar-refractivity contribution in [3.05, 3.63) is 86.8 Å². The molecule has 0 fully saturated rings. The molecule has 0 bridgehead atoms. The van der Waals surface area contributed by atoms with Crippen molar-refractivity contribution in [2.75, 3.05) is 0 Å². The van der Waals surface area contributed by atoms with Crippen molar-refractivity contribution in [2.24, 2.45) is 0 Å². The maximum Gasteiger partial charge on any atom is 0.263 e. The van der Waals surface area contributed by atoms with Crippen LogP contribution >= 0.6 is 11.3 Å². The zero-order valence-electron chi connectivity index (χ0n) is 17.6. The lowest BCUT2D eigenvalue weighted by Gasteiger charge is -2.19. The lowest BCUT2D eigenvalue weighted by atomic mass is 9.87. The van der Waals surface area contributed by atoms with Gasteiger partial charge in [-0.05, 0) is 36.0 Å². The van der Waals surface area contributed by atoms with Crippen LogP contribution in [0.4, 0.5) is 0 Å². The topological polar surface area (TPSA) is 34.9 Å². The molecule has 0 aliphatic carbocycles. The van der Waals surface area contributed by atoms with E-state index >= 15 is 0 Å². The highest BCUT2D eigenvalue weighted by atomic mass is 32.1. The van der Waals surface area contributed by atoms with Crippen LogP contribution in [0.2, 0.25) is 0 Å². The molecule has 0 unspecified atom stereocenters. The molecule has 0 aliphatic heterocycles. The summed E-state index contributed by atoms with van der Waals surface area (Å²) in [6, 6.07) is 16.9. The van der Waals surface area contributed by atoms with E-state index in [0.717, 1.165) is 31.8 Å². The van der Waals surface area contributed by atoms with Crippen molar-refractivity contribution in [3.63, 3.8) is 0 Å². The molecule has 0 saturated heterocycles. The van der Waals surface area contributed by atoms with Crippen LogP contribution < -0.4 is 5.56 Å². The highest BCUT2D eigenvalue weighted by molar-refractivity contribution is 7.19. The Morgan fingerprint density at radius 1 is 0.966 bits per heavy atom. The molecule has 2 aromatic carbocycles. The minimum atomic E-state index is 0.0230. The van der Waals surface area contributed by atoms with Gasteiger partial charge < -0.3 is 0 Å². The standard InChI is InChI=1S/C25H26N2OS/c1-16-6-10-19(11-7-16)21-17(2)29-23-22(21)24(28)27(15-26-23)14-18-8-12-20(13-9-18)25(3,4)5/h6-13,15H,14H2,1-5H3. The van der Waals surface area contributed by atoms with Gasteiger partial charge in [0.25, 0.3) is 5.56 Å². The Balaban J connectivity index is 1.77. The lowest BCUT2D eigenvalue weighted by molar-refractivity contribution is 0.589. The normalized spacial score (nSPS) is 11.9. The fraction of sp³-hybridized carbons (Fsp3) is 0.280. The number of hydrogen-bond donors (Lipinski definition) is 0. The molecule has 4 aromatic rings. The summed E-state index contributed by atoms with van der Waals surface area (Å²) >= 11 is 1.59.